The number of unbranched alkanes of at least 4 members (excludes halogenated alkanes) is 1. The van der Waals surface area contributed by atoms with Gasteiger partial charge in [-0.3, -0.25) is 0 Å². The average Bonchev–Trinajstić information content (AvgIpc) is 2.94. The Morgan fingerprint density at radius 1 is 1.17 bits per heavy atom. The lowest BCUT2D eigenvalue weighted by Gasteiger charge is -2.12. The number of fused-ring (bicyclic) bond motifs is 1. The summed E-state index contributed by atoms with van der Waals surface area (Å²) in [6.07, 6.45) is 2.46. The van der Waals surface area contributed by atoms with Crippen molar-refractivity contribution in [3.63, 3.8) is 0 Å². The standard InChI is InChI=1S/C18H21BO4/c1-2-3-4-18(20)13-5-7-15(8-6-13)23-16-9-10-17-14(11-16)12-22-19(17)21/h5-11,18,20-21H,2-4,12H2,1H3. The molecule has 1 aliphatic heterocycles. The van der Waals surface area contributed by atoms with Gasteiger partial charge < -0.3 is 19.5 Å². The van der Waals surface area contributed by atoms with Gasteiger partial charge in [-0.15, -0.1) is 0 Å². The Hall–Kier alpha value is -1.82. The maximum absolute atomic E-state index is 10.1. The first kappa shape index (κ1) is 16.1. The number of ether oxygens (including phenoxy) is 1. The molecule has 1 aliphatic rings. The van der Waals surface area contributed by atoms with Crippen LogP contribution in [0.4, 0.5) is 0 Å². The molecule has 5 heteroatoms. The molecule has 3 rings (SSSR count). The summed E-state index contributed by atoms with van der Waals surface area (Å²) in [6, 6.07) is 13.1. The highest BCUT2D eigenvalue weighted by Gasteiger charge is 2.27. The minimum Gasteiger partial charge on any atom is -0.457 e. The van der Waals surface area contributed by atoms with Crippen LogP contribution in [0.5, 0.6) is 11.5 Å². The van der Waals surface area contributed by atoms with E-state index < -0.39 is 13.2 Å². The van der Waals surface area contributed by atoms with E-state index in [1.54, 1.807) is 0 Å². The van der Waals surface area contributed by atoms with Crippen LogP contribution in [0.15, 0.2) is 42.5 Å². The number of hydrogen-bond acceptors (Lipinski definition) is 4. The summed E-state index contributed by atoms with van der Waals surface area (Å²) in [5.41, 5.74) is 2.66. The van der Waals surface area contributed by atoms with Gasteiger partial charge in [0.1, 0.15) is 11.5 Å². The third-order valence-corrected chi connectivity index (χ3v) is 4.11. The van der Waals surface area contributed by atoms with Crippen LogP contribution in [0.1, 0.15) is 43.4 Å². The molecule has 0 bridgehead atoms. The molecule has 0 aromatic heterocycles. The summed E-state index contributed by atoms with van der Waals surface area (Å²) in [6.45, 7) is 2.51. The molecule has 2 N–H and O–H groups in total. The van der Waals surface area contributed by atoms with Gasteiger partial charge in [-0.05, 0) is 47.3 Å². The van der Waals surface area contributed by atoms with Crippen LogP contribution in [0, 0.1) is 0 Å². The number of aliphatic hydroxyl groups excluding tert-OH is 1. The van der Waals surface area contributed by atoms with Crippen molar-refractivity contribution in [3.05, 3.63) is 53.6 Å². The van der Waals surface area contributed by atoms with Crippen molar-refractivity contribution in [1.82, 2.24) is 0 Å². The molecule has 2 aromatic rings. The maximum Gasteiger partial charge on any atom is 0.491 e. The summed E-state index contributed by atoms with van der Waals surface area (Å²) >= 11 is 0. The zero-order chi connectivity index (χ0) is 16.2. The van der Waals surface area contributed by atoms with Gasteiger partial charge >= 0.3 is 7.12 Å². The highest BCUT2D eigenvalue weighted by atomic mass is 16.5. The lowest BCUT2D eigenvalue weighted by Crippen LogP contribution is -2.27. The van der Waals surface area contributed by atoms with E-state index in [1.807, 2.05) is 42.5 Å². The third kappa shape index (κ3) is 3.75. The third-order valence-electron chi connectivity index (χ3n) is 4.11. The van der Waals surface area contributed by atoms with Gasteiger partial charge in [0, 0.05) is 0 Å². The van der Waals surface area contributed by atoms with E-state index >= 15 is 0 Å². The average molecular weight is 312 g/mol. The van der Waals surface area contributed by atoms with Crippen LogP contribution in [0.2, 0.25) is 0 Å². The van der Waals surface area contributed by atoms with Gasteiger partial charge in [-0.1, -0.05) is 38.0 Å². The molecule has 1 heterocycles. The maximum atomic E-state index is 10.1. The lowest BCUT2D eigenvalue weighted by atomic mass is 9.80. The van der Waals surface area contributed by atoms with E-state index in [0.29, 0.717) is 12.4 Å². The molecule has 4 nitrogen and oxygen atoms in total. The van der Waals surface area contributed by atoms with Crippen LogP contribution in [-0.2, 0) is 11.3 Å². The van der Waals surface area contributed by atoms with Crippen molar-refractivity contribution in [2.24, 2.45) is 0 Å². The second kappa shape index (κ2) is 7.17. The van der Waals surface area contributed by atoms with Gasteiger partial charge in [0.15, 0.2) is 0 Å². The number of benzene rings is 2. The fraction of sp³-hybridized carbons (Fsp3) is 0.333. The van der Waals surface area contributed by atoms with Crippen LogP contribution in [0.25, 0.3) is 0 Å². The van der Waals surface area contributed by atoms with E-state index in [9.17, 15) is 10.1 Å². The molecule has 23 heavy (non-hydrogen) atoms. The quantitative estimate of drug-likeness (QED) is 0.805. The van der Waals surface area contributed by atoms with Crippen LogP contribution in [0.3, 0.4) is 0 Å². The molecular formula is C18H21BO4. The first-order chi connectivity index (χ1) is 11.2. The van der Waals surface area contributed by atoms with Crippen LogP contribution < -0.4 is 10.2 Å². The Labute approximate surface area is 136 Å². The minimum atomic E-state index is -0.831. The molecular weight excluding hydrogens is 291 g/mol. The van der Waals surface area contributed by atoms with Gasteiger partial charge in [0.05, 0.1) is 12.7 Å². The summed E-state index contributed by atoms with van der Waals surface area (Å²) in [5, 5.41) is 19.7. The van der Waals surface area contributed by atoms with Crippen molar-refractivity contribution in [1.29, 1.82) is 0 Å². The fourth-order valence-corrected chi connectivity index (χ4v) is 2.73. The first-order valence-electron chi connectivity index (χ1n) is 8.05. The molecule has 0 aliphatic carbocycles. The minimum absolute atomic E-state index is 0.399. The molecule has 0 radical (unpaired) electrons. The van der Waals surface area contributed by atoms with Crippen molar-refractivity contribution >= 4 is 12.6 Å². The second-order valence-electron chi connectivity index (χ2n) is 5.85. The molecule has 0 fully saturated rings. The molecule has 2 aromatic carbocycles. The van der Waals surface area contributed by atoms with Crippen molar-refractivity contribution < 1.29 is 19.5 Å². The van der Waals surface area contributed by atoms with Crippen LogP contribution >= 0.6 is 0 Å². The van der Waals surface area contributed by atoms with Crippen molar-refractivity contribution in [2.75, 3.05) is 0 Å². The number of hydrogen-bond donors (Lipinski definition) is 2. The zero-order valence-corrected chi connectivity index (χ0v) is 13.2. The lowest BCUT2D eigenvalue weighted by molar-refractivity contribution is 0.164. The summed E-state index contributed by atoms with van der Waals surface area (Å²) in [7, 11) is -0.831. The Bertz CT molecular complexity index is 657. The van der Waals surface area contributed by atoms with Gasteiger partial charge in [-0.2, -0.15) is 0 Å². The topological polar surface area (TPSA) is 58.9 Å². The number of rotatable bonds is 6. The van der Waals surface area contributed by atoms with Gasteiger partial charge in [0.25, 0.3) is 0 Å². The van der Waals surface area contributed by atoms with Gasteiger partial charge in [0.2, 0.25) is 0 Å². The highest BCUT2D eigenvalue weighted by Crippen LogP contribution is 2.26. The zero-order valence-electron chi connectivity index (χ0n) is 13.2. The normalized spacial score (nSPS) is 14.7. The molecule has 0 saturated heterocycles. The predicted octanol–water partition coefficient (Wildman–Crippen LogP) is 2.92. The second-order valence-corrected chi connectivity index (χ2v) is 5.85. The predicted molar refractivity (Wildman–Crippen MR) is 89.8 cm³/mol. The molecule has 0 saturated carbocycles. The summed E-state index contributed by atoms with van der Waals surface area (Å²) < 4.78 is 11.0. The monoisotopic (exact) mass is 312 g/mol. The summed E-state index contributed by atoms with van der Waals surface area (Å²) in [4.78, 5) is 0. The highest BCUT2D eigenvalue weighted by molar-refractivity contribution is 6.61. The Kier molecular flexibility index (Phi) is 5.01. The van der Waals surface area contributed by atoms with E-state index in [0.717, 1.165) is 41.6 Å². The molecule has 0 amide bonds. The molecule has 0 spiro atoms. The van der Waals surface area contributed by atoms with E-state index in [2.05, 4.69) is 6.92 Å². The molecule has 1 atom stereocenters. The van der Waals surface area contributed by atoms with Crippen LogP contribution in [-0.4, -0.2) is 17.2 Å². The largest absolute Gasteiger partial charge is 0.491 e. The van der Waals surface area contributed by atoms with Crippen molar-refractivity contribution in [3.8, 4) is 11.5 Å². The van der Waals surface area contributed by atoms with Gasteiger partial charge in [-0.25, -0.2) is 0 Å². The molecule has 1 unspecified atom stereocenters. The Morgan fingerprint density at radius 3 is 2.65 bits per heavy atom. The number of aliphatic hydroxyl groups is 1. The Balaban J connectivity index is 1.67. The Morgan fingerprint density at radius 2 is 1.91 bits per heavy atom. The smallest absolute Gasteiger partial charge is 0.457 e. The van der Waals surface area contributed by atoms with E-state index in [4.69, 9.17) is 9.39 Å². The summed E-state index contributed by atoms with van der Waals surface area (Å²) in [5.74, 6) is 1.43. The molecule has 120 valence electrons. The fourth-order valence-electron chi connectivity index (χ4n) is 2.73. The van der Waals surface area contributed by atoms with E-state index in [-0.39, 0.29) is 0 Å². The first-order valence-corrected chi connectivity index (χ1v) is 8.05. The van der Waals surface area contributed by atoms with Crippen molar-refractivity contribution in [2.45, 2.75) is 38.9 Å². The van der Waals surface area contributed by atoms with E-state index in [1.165, 1.54) is 0 Å². The SMILES string of the molecule is CCCCC(O)c1ccc(Oc2ccc3c(c2)COB3O)cc1.